The van der Waals surface area contributed by atoms with Crippen LogP contribution in [0.5, 0.6) is 0 Å². The number of rotatable bonds is 41. The van der Waals surface area contributed by atoms with Crippen LogP contribution in [-0.2, 0) is 75.2 Å². The summed E-state index contributed by atoms with van der Waals surface area (Å²) in [6.07, 6.45) is 3.89. The summed E-state index contributed by atoms with van der Waals surface area (Å²) < 4.78 is 0. The lowest BCUT2D eigenvalue weighted by molar-refractivity contribution is -0.144. The van der Waals surface area contributed by atoms with E-state index in [1.165, 1.54) is 45.1 Å². The first-order valence-corrected chi connectivity index (χ1v) is 30.1. The first kappa shape index (κ1) is 74.9. The van der Waals surface area contributed by atoms with Crippen LogP contribution in [-0.4, -0.2) is 183 Å². The second-order valence-corrected chi connectivity index (χ2v) is 22.7. The third-order valence-corrected chi connectivity index (χ3v) is 14.5. The molecule has 0 spiro atoms. The minimum absolute atomic E-state index is 0.0325. The fourth-order valence-corrected chi connectivity index (χ4v) is 9.00. The van der Waals surface area contributed by atoms with Crippen molar-refractivity contribution in [3.63, 3.8) is 0 Å². The number of hydrogen-bond donors (Lipinski definition) is 16. The Morgan fingerprint density at radius 3 is 1.62 bits per heavy atom. The van der Waals surface area contributed by atoms with Gasteiger partial charge in [0.25, 0.3) is 0 Å². The molecule has 11 atom stereocenters. The summed E-state index contributed by atoms with van der Waals surface area (Å²) >= 11 is 1.35. The van der Waals surface area contributed by atoms with Crippen LogP contribution in [0.2, 0.25) is 0 Å². The van der Waals surface area contributed by atoms with Crippen molar-refractivity contribution in [3.8, 4) is 0 Å². The van der Waals surface area contributed by atoms with Gasteiger partial charge in [-0.3, -0.25) is 57.5 Å². The third kappa shape index (κ3) is 27.4. The molecule has 2 aromatic rings. The lowest BCUT2D eigenvalue weighted by Gasteiger charge is -2.29. The number of nitrogens with one attached hydrogen (secondary N) is 11. The standard InChI is InChI=1S/C56H89N15O15S/c1-9-31(6)46(69-42(73)27-61-48(77)35(58)24-34-26-60-28-62-34)55(84)63-32(7)47(76)67-39(23-33-15-11-10-12-16-33)52(81)65-38(20-22-87-8)51(80)71-44(29(2)3)53(82)66-36(17-13-14-21-57)49(78)64-37(18-19-43(74)75)50(79)70-45(30(4)5)54(83)68-40(56(85)86)25-41(59)72/h10-12,15-16,26,28-32,35-40,44-46H,9,13-14,17-25,27,57-58H2,1-8H3,(H2,59,72)(H,60,62)(H,61,77)(H,63,84)(H,64,78)(H,65,81)(H,66,82)(H,67,76)(H,68,83)(H,69,73)(H,70,79)(H,71,80)(H,74,75)(H,85,86)/t31-,32-,35-,36-,37-,38-,39-,40-,44-,45-,46-/m0/s1. The highest BCUT2D eigenvalue weighted by Gasteiger charge is 2.37. The number of benzene rings is 1. The van der Waals surface area contributed by atoms with E-state index in [1.807, 2.05) is 0 Å². The number of thioether (sulfide) groups is 1. The van der Waals surface area contributed by atoms with Gasteiger partial charge < -0.3 is 85.6 Å². The topological polar surface area (TPSA) is 489 Å². The number of aromatic amines is 1. The molecule has 0 saturated carbocycles. The smallest absolute Gasteiger partial charge is 0.326 e. The van der Waals surface area contributed by atoms with Crippen LogP contribution in [0.25, 0.3) is 0 Å². The lowest BCUT2D eigenvalue weighted by atomic mass is 9.98. The van der Waals surface area contributed by atoms with Crippen LogP contribution in [0, 0.1) is 17.8 Å². The van der Waals surface area contributed by atoms with Crippen LogP contribution in [0.4, 0.5) is 0 Å². The van der Waals surface area contributed by atoms with Crippen molar-refractivity contribution in [1.29, 1.82) is 0 Å². The van der Waals surface area contributed by atoms with E-state index in [-0.39, 0.29) is 38.6 Å². The maximum Gasteiger partial charge on any atom is 0.326 e. The Morgan fingerprint density at radius 1 is 0.598 bits per heavy atom. The SMILES string of the molecule is CC[C@H](C)[C@H](NC(=O)CNC(=O)[C@@H](N)Cc1cnc[nH]1)C(=O)N[C@@H](C)C(=O)N[C@@H](Cc1ccccc1)C(=O)N[C@@H](CCSC)C(=O)N[C@H](C(=O)N[C@@H](CCCCN)C(=O)N[C@@H](CCC(=O)O)C(=O)N[C@H](C(=O)N[C@@H](CC(N)=O)C(=O)O)C(C)C)C(C)C. The summed E-state index contributed by atoms with van der Waals surface area (Å²) in [4.78, 5) is 179. The molecule has 0 radical (unpaired) electrons. The quantitative estimate of drug-likeness (QED) is 0.0297. The first-order valence-electron chi connectivity index (χ1n) is 28.7. The van der Waals surface area contributed by atoms with Crippen LogP contribution >= 0.6 is 11.8 Å². The van der Waals surface area contributed by atoms with Gasteiger partial charge >= 0.3 is 11.9 Å². The minimum atomic E-state index is -1.75. The Bertz CT molecular complexity index is 2630. The summed E-state index contributed by atoms with van der Waals surface area (Å²) in [7, 11) is 0. The van der Waals surface area contributed by atoms with Gasteiger partial charge in [0, 0.05) is 31.2 Å². The maximum atomic E-state index is 14.4. The molecule has 0 unspecified atom stereocenters. The molecular formula is C56H89N15O15S. The summed E-state index contributed by atoms with van der Waals surface area (Å²) in [6.45, 7) is 10.8. The van der Waals surface area contributed by atoms with E-state index in [1.54, 1.807) is 64.3 Å². The van der Waals surface area contributed by atoms with Crippen molar-refractivity contribution in [3.05, 3.63) is 54.1 Å². The molecule has 30 nitrogen and oxygen atoms in total. The Hall–Kier alpha value is -8.19. The maximum absolute atomic E-state index is 14.4. The number of primary amides is 1. The lowest BCUT2D eigenvalue weighted by Crippen LogP contribution is -2.61. The molecule has 0 aliphatic rings. The molecule has 0 fully saturated rings. The van der Waals surface area contributed by atoms with Crippen LogP contribution in [0.1, 0.15) is 111 Å². The Morgan fingerprint density at radius 2 is 1.11 bits per heavy atom. The number of hydrogen-bond acceptors (Lipinski definition) is 17. The van der Waals surface area contributed by atoms with Gasteiger partial charge in [0.1, 0.15) is 54.4 Å². The fraction of sp³-hybridized carbons (Fsp3) is 0.607. The fourth-order valence-electron chi connectivity index (χ4n) is 8.52. The summed E-state index contributed by atoms with van der Waals surface area (Å²) in [5.74, 6) is -13.8. The van der Waals surface area contributed by atoms with Crippen molar-refractivity contribution in [2.45, 2.75) is 173 Å². The number of unbranched alkanes of at least 4 members (excludes halogenated alkanes) is 1. The molecule has 11 amide bonds. The van der Waals surface area contributed by atoms with Gasteiger partial charge in [-0.2, -0.15) is 11.8 Å². The molecule has 31 heteroatoms. The number of aliphatic carboxylic acids is 2. The number of carboxylic acids is 2. The van der Waals surface area contributed by atoms with E-state index in [4.69, 9.17) is 17.2 Å². The number of H-pyrrole nitrogens is 1. The largest absolute Gasteiger partial charge is 0.481 e. The summed E-state index contributed by atoms with van der Waals surface area (Å²) in [5.41, 5.74) is 18.1. The third-order valence-electron chi connectivity index (χ3n) is 13.9. The average molecular weight is 1240 g/mol. The normalized spacial score (nSPS) is 14.9. The molecule has 0 aliphatic heterocycles. The number of carbonyl (C=O) groups is 13. The second-order valence-electron chi connectivity index (χ2n) is 21.7. The molecule has 1 heterocycles. The molecule has 484 valence electrons. The molecule has 0 saturated heterocycles. The zero-order valence-electron chi connectivity index (χ0n) is 50.5. The molecule has 2 rings (SSSR count). The predicted octanol–water partition coefficient (Wildman–Crippen LogP) is -2.91. The van der Waals surface area contributed by atoms with E-state index < -0.39 is 181 Å². The van der Waals surface area contributed by atoms with Gasteiger partial charge in [-0.25, -0.2) is 9.78 Å². The number of nitrogens with two attached hydrogens (primary N) is 3. The monoisotopic (exact) mass is 1240 g/mol. The number of aromatic nitrogens is 2. The van der Waals surface area contributed by atoms with Gasteiger partial charge in [-0.15, -0.1) is 0 Å². The van der Waals surface area contributed by atoms with Crippen molar-refractivity contribution < 1.29 is 72.5 Å². The molecule has 0 aliphatic carbocycles. The number of amides is 11. The molecule has 19 N–H and O–H groups in total. The zero-order valence-corrected chi connectivity index (χ0v) is 51.3. The summed E-state index contributed by atoms with van der Waals surface area (Å²) in [5, 5.41) is 44.5. The van der Waals surface area contributed by atoms with Crippen LogP contribution in [0.15, 0.2) is 42.9 Å². The van der Waals surface area contributed by atoms with E-state index in [0.717, 1.165) is 0 Å². The van der Waals surface area contributed by atoms with Gasteiger partial charge in [0.05, 0.1) is 25.3 Å². The second kappa shape index (κ2) is 38.8. The van der Waals surface area contributed by atoms with Gasteiger partial charge in [0.2, 0.25) is 65.0 Å². The van der Waals surface area contributed by atoms with Crippen molar-refractivity contribution in [1.82, 2.24) is 63.1 Å². The number of carbonyl (C=O) groups excluding carboxylic acids is 11. The van der Waals surface area contributed by atoms with Crippen LogP contribution < -0.4 is 70.4 Å². The van der Waals surface area contributed by atoms with Gasteiger partial charge in [-0.1, -0.05) is 78.3 Å². The van der Waals surface area contributed by atoms with Gasteiger partial charge in [0.15, 0.2) is 0 Å². The number of carboxylic acid groups (broad SMARTS) is 2. The van der Waals surface area contributed by atoms with E-state index in [0.29, 0.717) is 29.9 Å². The summed E-state index contributed by atoms with van der Waals surface area (Å²) in [6, 6.07) is -5.09. The predicted molar refractivity (Wildman–Crippen MR) is 320 cm³/mol. The molecule has 87 heavy (non-hydrogen) atoms. The molecule has 1 aromatic heterocycles. The molecular weight excluding hydrogens is 1150 g/mol. The van der Waals surface area contributed by atoms with E-state index in [2.05, 4.69) is 63.1 Å². The average Bonchev–Trinajstić information content (AvgIpc) is 3.53. The number of nitrogens with zero attached hydrogens (tertiary/aromatic N) is 1. The van der Waals surface area contributed by atoms with Crippen LogP contribution in [0.3, 0.4) is 0 Å². The van der Waals surface area contributed by atoms with Crippen molar-refractivity contribution >= 4 is 88.7 Å². The highest BCUT2D eigenvalue weighted by molar-refractivity contribution is 7.98. The van der Waals surface area contributed by atoms with Crippen molar-refractivity contribution in [2.75, 3.05) is 25.1 Å². The molecule has 1 aromatic carbocycles. The van der Waals surface area contributed by atoms with Crippen molar-refractivity contribution in [2.24, 2.45) is 35.0 Å². The highest BCUT2D eigenvalue weighted by Crippen LogP contribution is 2.14. The minimum Gasteiger partial charge on any atom is -0.481 e. The number of imidazole rings is 1. The van der Waals surface area contributed by atoms with E-state index >= 15 is 0 Å². The Balaban J connectivity index is 2.36. The highest BCUT2D eigenvalue weighted by atomic mass is 32.2. The van der Waals surface area contributed by atoms with E-state index in [9.17, 15) is 72.5 Å². The van der Waals surface area contributed by atoms with Gasteiger partial charge in [-0.05, 0) is 80.9 Å². The molecule has 0 bridgehead atoms. The first-order chi connectivity index (χ1) is 41.0. The zero-order chi connectivity index (χ0) is 65.5. The Kier molecular flexibility index (Phi) is 33.4. The Labute approximate surface area is 509 Å².